The third-order valence-corrected chi connectivity index (χ3v) is 2.42. The van der Waals surface area contributed by atoms with Crippen LogP contribution in [0.1, 0.15) is 12.0 Å². The van der Waals surface area contributed by atoms with Gasteiger partial charge in [0.2, 0.25) is 5.91 Å². The van der Waals surface area contributed by atoms with Crippen molar-refractivity contribution < 1.29 is 19.2 Å². The second kappa shape index (κ2) is 7.10. The summed E-state index contributed by atoms with van der Waals surface area (Å²) in [4.78, 5) is 32.6. The summed E-state index contributed by atoms with van der Waals surface area (Å²) in [6.07, 6.45) is -0.0303. The number of para-hydroxylation sites is 1. The highest BCUT2D eigenvalue weighted by Gasteiger charge is 2.15. The first-order valence-corrected chi connectivity index (χ1v) is 5.60. The van der Waals surface area contributed by atoms with Crippen LogP contribution in [0.5, 0.6) is 0 Å². The molecule has 102 valence electrons. The molecule has 1 aromatic carbocycles. The molecular formula is C12H14N2O5. The zero-order valence-corrected chi connectivity index (χ0v) is 10.4. The van der Waals surface area contributed by atoms with Crippen molar-refractivity contribution in [1.29, 1.82) is 0 Å². The number of ether oxygens (including phenoxy) is 1. The van der Waals surface area contributed by atoms with Crippen LogP contribution in [0.3, 0.4) is 0 Å². The summed E-state index contributed by atoms with van der Waals surface area (Å²) < 4.78 is 4.42. The van der Waals surface area contributed by atoms with E-state index in [-0.39, 0.29) is 31.0 Å². The van der Waals surface area contributed by atoms with Gasteiger partial charge in [0.1, 0.15) is 0 Å². The van der Waals surface area contributed by atoms with Gasteiger partial charge in [0.25, 0.3) is 5.69 Å². The van der Waals surface area contributed by atoms with Crippen molar-refractivity contribution in [3.8, 4) is 0 Å². The Morgan fingerprint density at radius 1 is 1.37 bits per heavy atom. The summed E-state index contributed by atoms with van der Waals surface area (Å²) >= 11 is 0. The van der Waals surface area contributed by atoms with E-state index in [1.54, 1.807) is 6.07 Å². The van der Waals surface area contributed by atoms with Gasteiger partial charge in [-0.25, -0.2) is 0 Å². The molecule has 0 spiro atoms. The maximum Gasteiger partial charge on any atom is 0.307 e. The van der Waals surface area contributed by atoms with Crippen molar-refractivity contribution in [2.75, 3.05) is 13.7 Å². The molecule has 0 aliphatic rings. The Morgan fingerprint density at radius 3 is 2.68 bits per heavy atom. The van der Waals surface area contributed by atoms with Crippen molar-refractivity contribution in [2.45, 2.75) is 12.8 Å². The first-order chi connectivity index (χ1) is 9.04. The monoisotopic (exact) mass is 266 g/mol. The molecule has 0 saturated carbocycles. The lowest BCUT2D eigenvalue weighted by atomic mass is 10.1. The van der Waals surface area contributed by atoms with Crippen LogP contribution in [0.25, 0.3) is 0 Å². The number of hydrogen-bond donors (Lipinski definition) is 1. The Morgan fingerprint density at radius 2 is 2.05 bits per heavy atom. The predicted molar refractivity (Wildman–Crippen MR) is 66.4 cm³/mol. The van der Waals surface area contributed by atoms with E-state index < -0.39 is 10.9 Å². The third-order valence-electron chi connectivity index (χ3n) is 2.42. The van der Waals surface area contributed by atoms with Gasteiger partial charge >= 0.3 is 5.97 Å². The van der Waals surface area contributed by atoms with E-state index in [1.165, 1.54) is 25.3 Å². The molecule has 1 aromatic rings. The van der Waals surface area contributed by atoms with Crippen molar-refractivity contribution in [2.24, 2.45) is 0 Å². The Labute approximate surface area is 109 Å². The molecule has 1 N–H and O–H groups in total. The molecule has 0 aliphatic heterocycles. The van der Waals surface area contributed by atoms with Crippen molar-refractivity contribution in [1.82, 2.24) is 5.32 Å². The van der Waals surface area contributed by atoms with Crippen LogP contribution in [0.4, 0.5) is 5.69 Å². The summed E-state index contributed by atoms with van der Waals surface area (Å²) in [7, 11) is 1.26. The van der Waals surface area contributed by atoms with E-state index in [1.807, 2.05) is 0 Å². The van der Waals surface area contributed by atoms with E-state index in [9.17, 15) is 19.7 Å². The Balaban J connectivity index is 2.53. The van der Waals surface area contributed by atoms with Crippen molar-refractivity contribution in [3.63, 3.8) is 0 Å². The fourth-order valence-corrected chi connectivity index (χ4v) is 1.48. The van der Waals surface area contributed by atoms with E-state index in [0.29, 0.717) is 5.56 Å². The minimum Gasteiger partial charge on any atom is -0.469 e. The smallest absolute Gasteiger partial charge is 0.307 e. The fraction of sp³-hybridized carbons (Fsp3) is 0.333. The topological polar surface area (TPSA) is 98.5 Å². The molecule has 0 atom stereocenters. The minimum absolute atomic E-state index is 0.0686. The molecule has 19 heavy (non-hydrogen) atoms. The van der Waals surface area contributed by atoms with Gasteiger partial charge in [-0.05, 0) is 0 Å². The van der Waals surface area contributed by atoms with Gasteiger partial charge in [-0.3, -0.25) is 19.7 Å². The molecule has 0 aliphatic carbocycles. The number of carbonyl (C=O) groups excluding carboxylic acids is 2. The lowest BCUT2D eigenvalue weighted by Gasteiger charge is -2.05. The second-order valence-corrected chi connectivity index (χ2v) is 3.74. The molecule has 7 nitrogen and oxygen atoms in total. The second-order valence-electron chi connectivity index (χ2n) is 3.74. The van der Waals surface area contributed by atoms with Gasteiger partial charge in [-0.2, -0.15) is 0 Å². The van der Waals surface area contributed by atoms with E-state index in [0.717, 1.165) is 0 Å². The summed E-state index contributed by atoms with van der Waals surface area (Å²) in [6, 6.07) is 6.04. The van der Waals surface area contributed by atoms with E-state index in [2.05, 4.69) is 10.1 Å². The van der Waals surface area contributed by atoms with Crippen LogP contribution in [-0.4, -0.2) is 30.5 Å². The van der Waals surface area contributed by atoms with Crippen LogP contribution in [0, 0.1) is 10.1 Å². The van der Waals surface area contributed by atoms with Crippen LogP contribution in [-0.2, 0) is 20.7 Å². The van der Waals surface area contributed by atoms with Crippen molar-refractivity contribution in [3.05, 3.63) is 39.9 Å². The minimum atomic E-state index is -0.531. The fourth-order valence-electron chi connectivity index (χ4n) is 1.48. The summed E-state index contributed by atoms with van der Waals surface area (Å²) in [6.45, 7) is 0.145. The Bertz CT molecular complexity index is 487. The number of carbonyl (C=O) groups is 2. The zero-order chi connectivity index (χ0) is 14.3. The predicted octanol–water partition coefficient (Wildman–Crippen LogP) is 0.817. The van der Waals surface area contributed by atoms with Crippen LogP contribution >= 0.6 is 0 Å². The Kier molecular flexibility index (Phi) is 5.46. The molecular weight excluding hydrogens is 252 g/mol. The largest absolute Gasteiger partial charge is 0.469 e. The van der Waals surface area contributed by atoms with Crippen LogP contribution in [0.15, 0.2) is 24.3 Å². The van der Waals surface area contributed by atoms with Gasteiger partial charge in [0.05, 0.1) is 24.9 Å². The molecule has 1 amide bonds. The molecule has 0 bridgehead atoms. The van der Waals surface area contributed by atoms with Crippen LogP contribution < -0.4 is 5.32 Å². The SMILES string of the molecule is COC(=O)CCNC(=O)Cc1ccccc1[N+](=O)[O-]. The van der Waals surface area contributed by atoms with Gasteiger partial charge in [-0.1, -0.05) is 18.2 Å². The Hall–Kier alpha value is -2.44. The first kappa shape index (κ1) is 14.6. The summed E-state index contributed by atoms with van der Waals surface area (Å²) in [5.41, 5.74) is 0.244. The molecule has 0 unspecified atom stereocenters. The molecule has 1 rings (SSSR count). The summed E-state index contributed by atoms with van der Waals surface area (Å²) in [5, 5.41) is 13.3. The number of nitro groups is 1. The normalized spacial score (nSPS) is 9.74. The maximum absolute atomic E-state index is 11.6. The molecule has 7 heteroatoms. The number of rotatable bonds is 6. The number of methoxy groups -OCH3 is 1. The highest BCUT2D eigenvalue weighted by Crippen LogP contribution is 2.17. The average molecular weight is 266 g/mol. The van der Waals surface area contributed by atoms with Gasteiger partial charge in [0.15, 0.2) is 0 Å². The molecule has 0 fully saturated rings. The maximum atomic E-state index is 11.6. The number of nitrogens with zero attached hydrogens (tertiary/aromatic N) is 1. The third kappa shape index (κ3) is 4.74. The molecule has 0 aromatic heterocycles. The first-order valence-electron chi connectivity index (χ1n) is 5.60. The highest BCUT2D eigenvalue weighted by atomic mass is 16.6. The van der Waals surface area contributed by atoms with Crippen molar-refractivity contribution >= 4 is 17.6 Å². The number of nitro benzene ring substituents is 1. The lowest BCUT2D eigenvalue weighted by Crippen LogP contribution is -2.28. The average Bonchev–Trinajstić information content (AvgIpc) is 2.38. The zero-order valence-electron chi connectivity index (χ0n) is 10.4. The molecule has 0 radical (unpaired) electrons. The quantitative estimate of drug-likeness (QED) is 0.467. The summed E-state index contributed by atoms with van der Waals surface area (Å²) in [5.74, 6) is -0.802. The number of benzene rings is 1. The van der Waals surface area contributed by atoms with Gasteiger partial charge in [-0.15, -0.1) is 0 Å². The number of amides is 1. The number of hydrogen-bond acceptors (Lipinski definition) is 5. The van der Waals surface area contributed by atoms with E-state index >= 15 is 0 Å². The van der Waals surface area contributed by atoms with Gasteiger partial charge in [0, 0.05) is 18.2 Å². The standard InChI is InChI=1S/C12H14N2O5/c1-19-12(16)6-7-13-11(15)8-9-4-2-3-5-10(9)14(17)18/h2-5H,6-8H2,1H3,(H,13,15). The van der Waals surface area contributed by atoms with E-state index in [4.69, 9.17) is 0 Å². The van der Waals surface area contributed by atoms with Gasteiger partial charge < -0.3 is 10.1 Å². The number of esters is 1. The number of nitrogens with one attached hydrogen (secondary N) is 1. The lowest BCUT2D eigenvalue weighted by molar-refractivity contribution is -0.385. The molecule has 0 heterocycles. The van der Waals surface area contributed by atoms with Crippen LogP contribution in [0.2, 0.25) is 0 Å². The molecule has 0 saturated heterocycles. The highest BCUT2D eigenvalue weighted by molar-refractivity contribution is 5.80.